The number of benzene rings is 1. The van der Waals surface area contributed by atoms with Gasteiger partial charge in [-0.3, -0.25) is 0 Å². The van der Waals surface area contributed by atoms with E-state index in [0.29, 0.717) is 9.85 Å². The van der Waals surface area contributed by atoms with Crippen LogP contribution in [0.15, 0.2) is 22.7 Å². The molecule has 1 aromatic carbocycles. The van der Waals surface area contributed by atoms with E-state index in [1.807, 2.05) is 18.2 Å². The van der Waals surface area contributed by atoms with E-state index in [0.717, 1.165) is 29.7 Å². The smallest absolute Gasteiger partial charge is 0.138 e. The molecular weight excluding hydrogens is 383 g/mol. The number of alkyl halides is 1. The standard InChI is InChI=1S/C13H15Br2ClO2/c1-2-5-17-13-9(15)7-12(13)18-11-4-3-8(14)6-10(11)16/h3-4,6,9,12-13H,2,5,7H2,1H3. The molecule has 1 aliphatic rings. The van der Waals surface area contributed by atoms with E-state index >= 15 is 0 Å². The van der Waals surface area contributed by atoms with Gasteiger partial charge in [0.05, 0.1) is 5.02 Å². The molecule has 2 nitrogen and oxygen atoms in total. The van der Waals surface area contributed by atoms with Gasteiger partial charge in [0.15, 0.2) is 0 Å². The van der Waals surface area contributed by atoms with Gasteiger partial charge in [-0.1, -0.05) is 50.4 Å². The van der Waals surface area contributed by atoms with Crippen LogP contribution in [-0.2, 0) is 4.74 Å². The molecule has 0 radical (unpaired) electrons. The normalized spacial score (nSPS) is 26.8. The average molecular weight is 399 g/mol. The van der Waals surface area contributed by atoms with Crippen molar-refractivity contribution >= 4 is 43.5 Å². The van der Waals surface area contributed by atoms with Crippen molar-refractivity contribution in [3.8, 4) is 5.75 Å². The molecule has 1 fully saturated rings. The van der Waals surface area contributed by atoms with Gasteiger partial charge in [-0.15, -0.1) is 0 Å². The van der Waals surface area contributed by atoms with Crippen LogP contribution in [0, 0.1) is 0 Å². The SMILES string of the molecule is CCCOC1C(Br)CC1Oc1ccc(Br)cc1Cl. The van der Waals surface area contributed by atoms with E-state index in [2.05, 4.69) is 38.8 Å². The van der Waals surface area contributed by atoms with Crippen molar-refractivity contribution in [1.82, 2.24) is 0 Å². The van der Waals surface area contributed by atoms with Gasteiger partial charge in [-0.2, -0.15) is 0 Å². The Morgan fingerprint density at radius 2 is 2.22 bits per heavy atom. The van der Waals surface area contributed by atoms with Crippen molar-refractivity contribution in [1.29, 1.82) is 0 Å². The first-order valence-corrected chi connectivity index (χ1v) is 8.08. The Bertz CT molecular complexity index is 414. The summed E-state index contributed by atoms with van der Waals surface area (Å²) in [6.45, 7) is 2.87. The summed E-state index contributed by atoms with van der Waals surface area (Å²) in [6.07, 6.45) is 2.16. The molecule has 5 heteroatoms. The van der Waals surface area contributed by atoms with Gasteiger partial charge in [0.1, 0.15) is 18.0 Å². The first-order chi connectivity index (χ1) is 8.61. The van der Waals surface area contributed by atoms with Crippen LogP contribution < -0.4 is 4.74 Å². The fourth-order valence-corrected chi connectivity index (χ4v) is 3.42. The number of hydrogen-bond donors (Lipinski definition) is 0. The van der Waals surface area contributed by atoms with Gasteiger partial charge in [0.25, 0.3) is 0 Å². The average Bonchev–Trinajstić information content (AvgIpc) is 2.32. The van der Waals surface area contributed by atoms with Crippen molar-refractivity contribution in [3.05, 3.63) is 27.7 Å². The van der Waals surface area contributed by atoms with Gasteiger partial charge in [-0.05, 0) is 24.6 Å². The van der Waals surface area contributed by atoms with Gasteiger partial charge in [-0.25, -0.2) is 0 Å². The van der Waals surface area contributed by atoms with Crippen LogP contribution in [0.4, 0.5) is 0 Å². The highest BCUT2D eigenvalue weighted by molar-refractivity contribution is 9.10. The zero-order chi connectivity index (χ0) is 13.1. The van der Waals surface area contributed by atoms with E-state index < -0.39 is 0 Å². The second-order valence-electron chi connectivity index (χ2n) is 4.32. The maximum atomic E-state index is 6.14. The molecular formula is C13H15Br2ClO2. The number of rotatable bonds is 5. The van der Waals surface area contributed by atoms with Crippen LogP contribution in [0.5, 0.6) is 5.75 Å². The van der Waals surface area contributed by atoms with Crippen LogP contribution in [-0.4, -0.2) is 23.6 Å². The van der Waals surface area contributed by atoms with Gasteiger partial charge in [0.2, 0.25) is 0 Å². The Hall–Kier alpha value is 0.230. The summed E-state index contributed by atoms with van der Waals surface area (Å²) >= 11 is 13.1. The monoisotopic (exact) mass is 396 g/mol. The lowest BCUT2D eigenvalue weighted by Crippen LogP contribution is -2.52. The molecule has 0 N–H and O–H groups in total. The Morgan fingerprint density at radius 3 is 2.83 bits per heavy atom. The molecule has 18 heavy (non-hydrogen) atoms. The van der Waals surface area contributed by atoms with Crippen LogP contribution in [0.1, 0.15) is 19.8 Å². The van der Waals surface area contributed by atoms with Crippen molar-refractivity contribution in [2.75, 3.05) is 6.61 Å². The van der Waals surface area contributed by atoms with Crippen LogP contribution in [0.2, 0.25) is 5.02 Å². The van der Waals surface area contributed by atoms with Gasteiger partial charge in [0, 0.05) is 22.3 Å². The molecule has 0 bridgehead atoms. The topological polar surface area (TPSA) is 18.5 Å². The molecule has 0 spiro atoms. The van der Waals surface area contributed by atoms with E-state index in [9.17, 15) is 0 Å². The summed E-state index contributed by atoms with van der Waals surface area (Å²) in [4.78, 5) is 0.378. The predicted octanol–water partition coefficient (Wildman–Crippen LogP) is 4.81. The lowest BCUT2D eigenvalue weighted by Gasteiger charge is -2.41. The summed E-state index contributed by atoms with van der Waals surface area (Å²) in [5.74, 6) is 0.717. The minimum atomic E-state index is 0.0830. The van der Waals surface area contributed by atoms with Crippen molar-refractivity contribution in [2.24, 2.45) is 0 Å². The molecule has 0 amide bonds. The highest BCUT2D eigenvalue weighted by Crippen LogP contribution is 2.37. The molecule has 1 aliphatic carbocycles. The second kappa shape index (κ2) is 6.60. The quantitative estimate of drug-likeness (QED) is 0.663. The predicted molar refractivity (Wildman–Crippen MR) is 80.9 cm³/mol. The third-order valence-electron chi connectivity index (χ3n) is 2.87. The van der Waals surface area contributed by atoms with E-state index in [1.165, 1.54) is 0 Å². The minimum Gasteiger partial charge on any atom is -0.486 e. The number of halogens is 3. The number of ether oxygens (including phenoxy) is 2. The maximum Gasteiger partial charge on any atom is 0.138 e. The summed E-state index contributed by atoms with van der Waals surface area (Å²) in [6, 6.07) is 5.64. The van der Waals surface area contributed by atoms with E-state index in [4.69, 9.17) is 21.1 Å². The fourth-order valence-electron chi connectivity index (χ4n) is 1.84. The number of hydrogen-bond acceptors (Lipinski definition) is 2. The molecule has 3 atom stereocenters. The Labute approximate surface area is 129 Å². The molecule has 0 aromatic heterocycles. The first-order valence-electron chi connectivity index (χ1n) is 5.99. The molecule has 0 heterocycles. The Kier molecular flexibility index (Phi) is 5.36. The molecule has 0 saturated heterocycles. The molecule has 0 aliphatic heterocycles. The molecule has 1 aromatic rings. The van der Waals surface area contributed by atoms with Gasteiger partial charge >= 0.3 is 0 Å². The van der Waals surface area contributed by atoms with Crippen molar-refractivity contribution < 1.29 is 9.47 Å². The lowest BCUT2D eigenvalue weighted by molar-refractivity contribution is -0.0761. The largest absolute Gasteiger partial charge is 0.486 e. The summed E-state index contributed by atoms with van der Waals surface area (Å²) in [5.41, 5.74) is 0. The second-order valence-corrected chi connectivity index (χ2v) is 6.82. The van der Waals surface area contributed by atoms with Crippen LogP contribution >= 0.6 is 43.5 Å². The molecule has 3 unspecified atom stereocenters. The van der Waals surface area contributed by atoms with Crippen molar-refractivity contribution in [2.45, 2.75) is 36.8 Å². The molecule has 2 rings (SSSR count). The lowest BCUT2D eigenvalue weighted by atomic mass is 9.91. The summed E-state index contributed by atoms with van der Waals surface area (Å²) in [5, 5.41) is 0.622. The maximum absolute atomic E-state index is 6.14. The Morgan fingerprint density at radius 1 is 1.44 bits per heavy atom. The molecule has 100 valence electrons. The minimum absolute atomic E-state index is 0.0830. The van der Waals surface area contributed by atoms with E-state index in [-0.39, 0.29) is 12.2 Å². The summed E-state index contributed by atoms with van der Waals surface area (Å²) in [7, 11) is 0. The third kappa shape index (κ3) is 3.41. The zero-order valence-corrected chi connectivity index (χ0v) is 14.0. The zero-order valence-electron chi connectivity index (χ0n) is 10.0. The highest BCUT2D eigenvalue weighted by atomic mass is 79.9. The van der Waals surface area contributed by atoms with Gasteiger partial charge < -0.3 is 9.47 Å². The molecule has 1 saturated carbocycles. The summed E-state index contributed by atoms with van der Waals surface area (Å²) < 4.78 is 12.6. The van der Waals surface area contributed by atoms with Crippen LogP contribution in [0.3, 0.4) is 0 Å². The third-order valence-corrected chi connectivity index (χ3v) is 4.55. The van der Waals surface area contributed by atoms with Crippen LogP contribution in [0.25, 0.3) is 0 Å². The van der Waals surface area contributed by atoms with Crippen molar-refractivity contribution in [3.63, 3.8) is 0 Å². The fraction of sp³-hybridized carbons (Fsp3) is 0.538. The Balaban J connectivity index is 1.96. The first kappa shape index (κ1) is 14.6. The van der Waals surface area contributed by atoms with E-state index in [1.54, 1.807) is 0 Å². The highest BCUT2D eigenvalue weighted by Gasteiger charge is 2.42.